The number of nitrogens with zero attached hydrogens (tertiary/aromatic N) is 2. The van der Waals surface area contributed by atoms with E-state index in [1.165, 1.54) is 64.6 Å². The highest BCUT2D eigenvalue weighted by molar-refractivity contribution is 5.14. The summed E-state index contributed by atoms with van der Waals surface area (Å²) in [4.78, 5) is 2.65. The molecule has 0 radical (unpaired) electrons. The van der Waals surface area contributed by atoms with Crippen LogP contribution in [-0.4, -0.2) is 36.6 Å². The van der Waals surface area contributed by atoms with Crippen LogP contribution in [0.2, 0.25) is 0 Å². The minimum atomic E-state index is -0.230. The molecule has 3 heteroatoms. The van der Waals surface area contributed by atoms with Crippen molar-refractivity contribution in [1.82, 2.24) is 10.2 Å². The summed E-state index contributed by atoms with van der Waals surface area (Å²) in [6.45, 7) is 9.09. The quantitative estimate of drug-likeness (QED) is 0.813. The first kappa shape index (κ1) is 16.8. The summed E-state index contributed by atoms with van der Waals surface area (Å²) in [5.74, 6) is 1.49. The highest BCUT2D eigenvalue weighted by Crippen LogP contribution is 2.37. The Balaban J connectivity index is 1.83. The summed E-state index contributed by atoms with van der Waals surface area (Å²) in [6.07, 6.45) is 10.2. The van der Waals surface area contributed by atoms with E-state index in [0.29, 0.717) is 5.92 Å². The number of nitrogens with one attached hydrogen (secondary N) is 1. The van der Waals surface area contributed by atoms with Gasteiger partial charge in [0, 0.05) is 0 Å². The van der Waals surface area contributed by atoms with Crippen molar-refractivity contribution in [3.63, 3.8) is 0 Å². The van der Waals surface area contributed by atoms with Crippen molar-refractivity contribution in [2.24, 2.45) is 11.8 Å². The predicted octanol–water partition coefficient (Wildman–Crippen LogP) is 3.56. The minimum absolute atomic E-state index is 0.230. The van der Waals surface area contributed by atoms with Gasteiger partial charge in [0.05, 0.1) is 6.07 Å². The molecule has 3 unspecified atom stereocenters. The SMILES string of the molecule is CCNC1(C#N)CCCC1CCN1CCCC(CC)CC1. The third kappa shape index (κ3) is 4.20. The van der Waals surface area contributed by atoms with Gasteiger partial charge in [-0.15, -0.1) is 0 Å². The topological polar surface area (TPSA) is 39.1 Å². The maximum Gasteiger partial charge on any atom is 0.109 e. The number of likely N-dealkylation sites (tertiary alicyclic amines) is 1. The van der Waals surface area contributed by atoms with Gasteiger partial charge in [-0.25, -0.2) is 0 Å². The fourth-order valence-corrected chi connectivity index (χ4v) is 4.40. The van der Waals surface area contributed by atoms with Crippen molar-refractivity contribution in [2.75, 3.05) is 26.2 Å². The highest BCUT2D eigenvalue weighted by atomic mass is 15.1. The lowest BCUT2D eigenvalue weighted by Gasteiger charge is -2.31. The van der Waals surface area contributed by atoms with Crippen molar-refractivity contribution < 1.29 is 0 Å². The lowest BCUT2D eigenvalue weighted by molar-refractivity contribution is 0.227. The van der Waals surface area contributed by atoms with Gasteiger partial charge in [-0.1, -0.05) is 26.7 Å². The molecule has 0 aromatic rings. The molecule has 1 saturated carbocycles. The smallest absolute Gasteiger partial charge is 0.109 e. The van der Waals surface area contributed by atoms with E-state index in [1.807, 2.05) is 0 Å². The fourth-order valence-electron chi connectivity index (χ4n) is 4.40. The van der Waals surface area contributed by atoms with E-state index in [9.17, 15) is 5.26 Å². The predicted molar refractivity (Wildman–Crippen MR) is 88.1 cm³/mol. The van der Waals surface area contributed by atoms with Crippen LogP contribution < -0.4 is 5.32 Å². The lowest BCUT2D eigenvalue weighted by atomic mass is 9.85. The molecule has 0 amide bonds. The highest BCUT2D eigenvalue weighted by Gasteiger charge is 2.42. The summed E-state index contributed by atoms with van der Waals surface area (Å²) < 4.78 is 0. The van der Waals surface area contributed by atoms with Gasteiger partial charge in [-0.3, -0.25) is 5.32 Å². The first-order chi connectivity index (χ1) is 10.2. The zero-order chi connectivity index (χ0) is 15.1. The molecule has 2 aliphatic rings. The molecule has 3 nitrogen and oxygen atoms in total. The average molecular weight is 291 g/mol. The summed E-state index contributed by atoms with van der Waals surface area (Å²) in [5.41, 5.74) is -0.230. The van der Waals surface area contributed by atoms with Crippen LogP contribution in [0, 0.1) is 23.2 Å². The standard InChI is InChI=1S/C18H33N3/c1-3-16-7-6-12-21(13-9-16)14-10-17-8-5-11-18(17,15-19)20-4-2/h16-17,20H,3-14H2,1-2H3. The third-order valence-corrected chi connectivity index (χ3v) is 5.82. The Labute approximate surface area is 131 Å². The molecule has 2 fully saturated rings. The monoisotopic (exact) mass is 291 g/mol. The van der Waals surface area contributed by atoms with Crippen LogP contribution in [0.25, 0.3) is 0 Å². The molecule has 0 spiro atoms. The number of rotatable bonds is 6. The van der Waals surface area contributed by atoms with Crippen LogP contribution in [0.5, 0.6) is 0 Å². The van der Waals surface area contributed by atoms with Crippen LogP contribution >= 0.6 is 0 Å². The van der Waals surface area contributed by atoms with Crippen molar-refractivity contribution >= 4 is 0 Å². The minimum Gasteiger partial charge on any atom is -0.303 e. The van der Waals surface area contributed by atoms with Crippen LogP contribution in [0.3, 0.4) is 0 Å². The van der Waals surface area contributed by atoms with Gasteiger partial charge < -0.3 is 4.90 Å². The van der Waals surface area contributed by atoms with Crippen LogP contribution in [0.1, 0.15) is 65.2 Å². The van der Waals surface area contributed by atoms with Gasteiger partial charge in [0.2, 0.25) is 0 Å². The molecular formula is C18H33N3. The van der Waals surface area contributed by atoms with Crippen LogP contribution in [-0.2, 0) is 0 Å². The molecule has 120 valence electrons. The van der Waals surface area contributed by atoms with Crippen LogP contribution in [0.15, 0.2) is 0 Å². The maximum atomic E-state index is 9.64. The average Bonchev–Trinajstić information content (AvgIpc) is 2.76. The number of hydrogen-bond donors (Lipinski definition) is 1. The van der Waals surface area contributed by atoms with Gasteiger partial charge in [0.25, 0.3) is 0 Å². The van der Waals surface area contributed by atoms with Gasteiger partial charge in [0.1, 0.15) is 5.54 Å². The normalized spacial score (nSPS) is 34.5. The van der Waals surface area contributed by atoms with E-state index in [0.717, 1.165) is 18.9 Å². The molecule has 0 bridgehead atoms. The van der Waals surface area contributed by atoms with E-state index in [-0.39, 0.29) is 5.54 Å². The van der Waals surface area contributed by atoms with Gasteiger partial charge in [0.15, 0.2) is 0 Å². The van der Waals surface area contributed by atoms with E-state index < -0.39 is 0 Å². The summed E-state index contributed by atoms with van der Waals surface area (Å²) in [7, 11) is 0. The van der Waals surface area contributed by atoms with Crippen molar-refractivity contribution in [3.05, 3.63) is 0 Å². The Morgan fingerprint density at radius 2 is 2.05 bits per heavy atom. The summed E-state index contributed by atoms with van der Waals surface area (Å²) >= 11 is 0. The molecule has 1 aliphatic carbocycles. The Kier molecular flexibility index (Phi) is 6.51. The van der Waals surface area contributed by atoms with E-state index >= 15 is 0 Å². The molecule has 2 rings (SSSR count). The third-order valence-electron chi connectivity index (χ3n) is 5.82. The fraction of sp³-hybridized carbons (Fsp3) is 0.944. The van der Waals surface area contributed by atoms with Gasteiger partial charge >= 0.3 is 0 Å². The molecular weight excluding hydrogens is 258 g/mol. The summed E-state index contributed by atoms with van der Waals surface area (Å²) in [5, 5.41) is 13.1. The Hall–Kier alpha value is -0.590. The molecule has 1 saturated heterocycles. The first-order valence-electron chi connectivity index (χ1n) is 9.12. The molecule has 21 heavy (non-hydrogen) atoms. The van der Waals surface area contributed by atoms with Crippen LogP contribution in [0.4, 0.5) is 0 Å². The van der Waals surface area contributed by atoms with Gasteiger partial charge in [-0.05, 0) is 76.5 Å². The van der Waals surface area contributed by atoms with Crippen molar-refractivity contribution in [1.29, 1.82) is 5.26 Å². The van der Waals surface area contributed by atoms with E-state index in [4.69, 9.17) is 0 Å². The van der Waals surface area contributed by atoms with E-state index in [1.54, 1.807) is 0 Å². The van der Waals surface area contributed by atoms with Gasteiger partial charge in [-0.2, -0.15) is 5.26 Å². The molecule has 0 aromatic carbocycles. The summed E-state index contributed by atoms with van der Waals surface area (Å²) in [6, 6.07) is 2.62. The Bertz CT molecular complexity index is 349. The zero-order valence-electron chi connectivity index (χ0n) is 14.0. The second-order valence-corrected chi connectivity index (χ2v) is 7.04. The van der Waals surface area contributed by atoms with Crippen molar-refractivity contribution in [3.8, 4) is 6.07 Å². The Morgan fingerprint density at radius 1 is 1.19 bits per heavy atom. The lowest BCUT2D eigenvalue weighted by Crippen LogP contribution is -2.47. The molecule has 3 atom stereocenters. The van der Waals surface area contributed by atoms with Crippen molar-refractivity contribution in [2.45, 2.75) is 70.8 Å². The number of nitriles is 1. The maximum absolute atomic E-state index is 9.64. The number of hydrogen-bond acceptors (Lipinski definition) is 3. The second kappa shape index (κ2) is 8.15. The largest absolute Gasteiger partial charge is 0.303 e. The zero-order valence-corrected chi connectivity index (χ0v) is 14.0. The molecule has 1 heterocycles. The molecule has 1 N–H and O–H groups in total. The van der Waals surface area contributed by atoms with E-state index in [2.05, 4.69) is 30.1 Å². The Morgan fingerprint density at radius 3 is 2.76 bits per heavy atom. The molecule has 0 aromatic heterocycles. The second-order valence-electron chi connectivity index (χ2n) is 7.04. The molecule has 1 aliphatic heterocycles. The first-order valence-corrected chi connectivity index (χ1v) is 9.12.